The minimum Gasteiger partial charge on any atom is -0.254 e. The number of halogens is 4. The van der Waals surface area contributed by atoms with E-state index in [0.29, 0.717) is 36.9 Å². The van der Waals surface area contributed by atoms with Crippen LogP contribution in [0.15, 0.2) is 24.4 Å². The Morgan fingerprint density at radius 2 is 1.79 bits per heavy atom. The molecule has 0 aliphatic heterocycles. The smallest absolute Gasteiger partial charge is 0.0761 e. The van der Waals surface area contributed by atoms with Gasteiger partial charge in [0.05, 0.1) is 33.3 Å². The highest BCUT2D eigenvalue weighted by molar-refractivity contribution is 6.45. The Morgan fingerprint density at radius 3 is 2.47 bits per heavy atom. The lowest BCUT2D eigenvalue weighted by Gasteiger charge is -2.10. The molecule has 2 aromatic rings. The third-order valence-electron chi connectivity index (χ3n) is 2.45. The normalized spacial score (nSPS) is 10.3. The Hall–Kier alpha value is -0.980. The molecule has 2 nitrogen and oxygen atoms in total. The van der Waals surface area contributed by atoms with E-state index in [4.69, 9.17) is 51.7 Å². The van der Waals surface area contributed by atoms with Crippen molar-refractivity contribution in [3.8, 4) is 17.3 Å². The van der Waals surface area contributed by atoms with Gasteiger partial charge in [0.15, 0.2) is 0 Å². The molecule has 0 N–H and O–H groups in total. The highest BCUT2D eigenvalue weighted by Crippen LogP contribution is 2.37. The first kappa shape index (κ1) is 14.4. The fraction of sp³-hybridized carbons (Fsp3) is 0.0769. The van der Waals surface area contributed by atoms with Crippen LogP contribution in [0.3, 0.4) is 0 Å². The summed E-state index contributed by atoms with van der Waals surface area (Å²) in [4.78, 5) is 4.23. The molecule has 2 rings (SSSR count). The van der Waals surface area contributed by atoms with Crippen LogP contribution < -0.4 is 0 Å². The van der Waals surface area contributed by atoms with Crippen molar-refractivity contribution in [2.75, 3.05) is 0 Å². The summed E-state index contributed by atoms with van der Waals surface area (Å²) in [6, 6.07) is 6.95. The first-order valence-electron chi connectivity index (χ1n) is 5.19. The van der Waals surface area contributed by atoms with E-state index in [-0.39, 0.29) is 6.42 Å². The fourth-order valence-electron chi connectivity index (χ4n) is 1.67. The Bertz CT molecular complexity index is 677. The van der Waals surface area contributed by atoms with Gasteiger partial charge < -0.3 is 0 Å². The molecule has 0 aliphatic carbocycles. The van der Waals surface area contributed by atoms with Gasteiger partial charge in [-0.2, -0.15) is 5.26 Å². The van der Waals surface area contributed by atoms with Gasteiger partial charge in [-0.25, -0.2) is 0 Å². The molecule has 1 aromatic heterocycles. The molecule has 0 radical (unpaired) electrons. The van der Waals surface area contributed by atoms with Gasteiger partial charge in [0, 0.05) is 16.8 Å². The van der Waals surface area contributed by atoms with Crippen LogP contribution in [-0.4, -0.2) is 4.98 Å². The number of rotatable bonds is 2. The number of pyridine rings is 1. The Morgan fingerprint density at radius 1 is 1.05 bits per heavy atom. The molecule has 0 saturated carbocycles. The average molecular weight is 332 g/mol. The summed E-state index contributed by atoms with van der Waals surface area (Å²) < 4.78 is 0. The van der Waals surface area contributed by atoms with E-state index in [9.17, 15) is 0 Å². The molecule has 0 saturated heterocycles. The van der Waals surface area contributed by atoms with E-state index < -0.39 is 0 Å². The predicted molar refractivity (Wildman–Crippen MR) is 79.0 cm³/mol. The van der Waals surface area contributed by atoms with E-state index in [1.807, 2.05) is 0 Å². The standard InChI is InChI=1S/C13H6Cl4N2/c14-8-4-10(12(17)11(16)5-8)13-7(1-2-18)3-9(15)6-19-13/h3-6H,1H2. The molecule has 0 aliphatic rings. The monoisotopic (exact) mass is 330 g/mol. The summed E-state index contributed by atoms with van der Waals surface area (Å²) in [5.41, 5.74) is 1.82. The molecule has 19 heavy (non-hydrogen) atoms. The van der Waals surface area contributed by atoms with Crippen molar-refractivity contribution in [2.24, 2.45) is 0 Å². The van der Waals surface area contributed by atoms with Gasteiger partial charge in [0.25, 0.3) is 0 Å². The van der Waals surface area contributed by atoms with Gasteiger partial charge >= 0.3 is 0 Å². The van der Waals surface area contributed by atoms with Crippen LogP contribution in [0.4, 0.5) is 0 Å². The minimum atomic E-state index is 0.170. The lowest BCUT2D eigenvalue weighted by atomic mass is 10.0. The molecule has 0 amide bonds. The molecule has 0 spiro atoms. The molecule has 0 unspecified atom stereocenters. The topological polar surface area (TPSA) is 36.7 Å². The number of aromatic nitrogens is 1. The summed E-state index contributed by atoms with van der Waals surface area (Å²) in [5, 5.41) is 10.4. The zero-order valence-corrected chi connectivity index (χ0v) is 12.4. The molecule has 96 valence electrons. The van der Waals surface area contributed by atoms with Crippen molar-refractivity contribution in [3.05, 3.63) is 50.0 Å². The van der Waals surface area contributed by atoms with Crippen LogP contribution in [-0.2, 0) is 6.42 Å². The summed E-state index contributed by atoms with van der Waals surface area (Å²) in [6.45, 7) is 0. The van der Waals surface area contributed by atoms with Crippen LogP contribution in [0.25, 0.3) is 11.3 Å². The van der Waals surface area contributed by atoms with Crippen molar-refractivity contribution < 1.29 is 0 Å². The second kappa shape index (κ2) is 5.98. The van der Waals surface area contributed by atoms with Crippen LogP contribution in [0.5, 0.6) is 0 Å². The molecule has 1 aromatic carbocycles. The lowest BCUT2D eigenvalue weighted by Crippen LogP contribution is -1.94. The van der Waals surface area contributed by atoms with Crippen molar-refractivity contribution >= 4 is 46.4 Å². The second-order valence-corrected chi connectivity index (χ2v) is 5.40. The highest BCUT2D eigenvalue weighted by Gasteiger charge is 2.14. The van der Waals surface area contributed by atoms with Gasteiger partial charge in [-0.15, -0.1) is 0 Å². The summed E-state index contributed by atoms with van der Waals surface area (Å²) in [5.74, 6) is 0. The average Bonchev–Trinajstić information content (AvgIpc) is 2.35. The number of nitriles is 1. The third-order valence-corrected chi connectivity index (χ3v) is 3.68. The van der Waals surface area contributed by atoms with E-state index >= 15 is 0 Å². The van der Waals surface area contributed by atoms with Crippen LogP contribution >= 0.6 is 46.4 Å². The zero-order chi connectivity index (χ0) is 14.0. The van der Waals surface area contributed by atoms with E-state index in [1.54, 1.807) is 18.2 Å². The maximum absolute atomic E-state index is 8.85. The Labute approximate surface area is 130 Å². The van der Waals surface area contributed by atoms with Crippen LogP contribution in [0.1, 0.15) is 5.56 Å². The summed E-state index contributed by atoms with van der Waals surface area (Å²) >= 11 is 24.0. The number of hydrogen-bond donors (Lipinski definition) is 0. The molecule has 1 heterocycles. The van der Waals surface area contributed by atoms with E-state index in [2.05, 4.69) is 11.1 Å². The SMILES string of the molecule is N#CCc1cc(Cl)cnc1-c1cc(Cl)cc(Cl)c1Cl. The maximum Gasteiger partial charge on any atom is 0.0761 e. The predicted octanol–water partition coefficient (Wildman–Crippen LogP) is 5.43. The largest absolute Gasteiger partial charge is 0.254 e. The van der Waals surface area contributed by atoms with Crippen molar-refractivity contribution in [1.29, 1.82) is 5.26 Å². The van der Waals surface area contributed by atoms with Gasteiger partial charge in [0.2, 0.25) is 0 Å². The minimum absolute atomic E-state index is 0.170. The maximum atomic E-state index is 8.85. The Kier molecular flexibility index (Phi) is 4.54. The van der Waals surface area contributed by atoms with Crippen molar-refractivity contribution in [2.45, 2.75) is 6.42 Å². The molecule has 0 fully saturated rings. The van der Waals surface area contributed by atoms with Crippen LogP contribution in [0.2, 0.25) is 20.1 Å². The van der Waals surface area contributed by atoms with Crippen molar-refractivity contribution in [1.82, 2.24) is 4.98 Å². The van der Waals surface area contributed by atoms with E-state index in [1.165, 1.54) is 6.20 Å². The summed E-state index contributed by atoms with van der Waals surface area (Å²) in [7, 11) is 0. The van der Waals surface area contributed by atoms with Gasteiger partial charge in [-0.3, -0.25) is 4.98 Å². The number of benzene rings is 1. The number of hydrogen-bond acceptors (Lipinski definition) is 2. The summed E-state index contributed by atoms with van der Waals surface area (Å²) in [6.07, 6.45) is 1.66. The number of nitrogens with zero attached hydrogens (tertiary/aromatic N) is 2. The first-order chi connectivity index (χ1) is 9.02. The van der Waals surface area contributed by atoms with Crippen molar-refractivity contribution in [3.63, 3.8) is 0 Å². The molecule has 0 atom stereocenters. The molecule has 0 bridgehead atoms. The zero-order valence-electron chi connectivity index (χ0n) is 9.42. The molecular formula is C13H6Cl4N2. The fourth-order valence-corrected chi connectivity index (χ4v) is 2.54. The van der Waals surface area contributed by atoms with E-state index in [0.717, 1.165) is 0 Å². The Balaban J connectivity index is 2.69. The quantitative estimate of drug-likeness (QED) is 0.688. The third kappa shape index (κ3) is 3.13. The first-order valence-corrected chi connectivity index (χ1v) is 6.70. The second-order valence-electron chi connectivity index (χ2n) is 3.75. The van der Waals surface area contributed by atoms with Crippen LogP contribution in [0, 0.1) is 11.3 Å². The highest BCUT2D eigenvalue weighted by atomic mass is 35.5. The van der Waals surface area contributed by atoms with Gasteiger partial charge in [-0.1, -0.05) is 46.4 Å². The van der Waals surface area contributed by atoms with Gasteiger partial charge in [-0.05, 0) is 23.8 Å². The van der Waals surface area contributed by atoms with Gasteiger partial charge in [0.1, 0.15) is 0 Å². The molecule has 6 heteroatoms. The molecular weight excluding hydrogens is 326 g/mol. The lowest BCUT2D eigenvalue weighted by molar-refractivity contribution is 1.20.